The molecule has 0 aliphatic carbocycles. The molecule has 0 atom stereocenters. The second-order valence-electron chi connectivity index (χ2n) is 3.91. The number of halogens is 1. The lowest BCUT2D eigenvalue weighted by molar-refractivity contribution is 0.0697. The average molecular weight is 331 g/mol. The third kappa shape index (κ3) is 4.74. The third-order valence-corrected chi connectivity index (χ3v) is 2.62. The molecule has 1 aromatic rings. The van der Waals surface area contributed by atoms with Crippen molar-refractivity contribution in [1.82, 2.24) is 15.2 Å². The number of pyridine rings is 1. The Balaban J connectivity index is 2.54. The SMILES string of the molecule is CN(C)C(=O)NCCNc1ncc(Br)cc1C(=O)O. The van der Waals surface area contributed by atoms with Gasteiger partial charge in [-0.15, -0.1) is 0 Å². The maximum atomic E-state index is 11.2. The molecule has 0 aliphatic heterocycles. The Labute approximate surface area is 119 Å². The molecule has 0 fully saturated rings. The fourth-order valence-corrected chi connectivity index (χ4v) is 1.58. The lowest BCUT2D eigenvalue weighted by Gasteiger charge is -2.13. The lowest BCUT2D eigenvalue weighted by Crippen LogP contribution is -2.37. The molecule has 1 aromatic heterocycles. The van der Waals surface area contributed by atoms with Crippen molar-refractivity contribution in [2.75, 3.05) is 32.5 Å². The summed E-state index contributed by atoms with van der Waals surface area (Å²) >= 11 is 3.17. The molecular formula is C11H15BrN4O3. The Morgan fingerprint density at radius 1 is 1.42 bits per heavy atom. The summed E-state index contributed by atoms with van der Waals surface area (Å²) < 4.78 is 0.594. The molecule has 7 nitrogen and oxygen atoms in total. The van der Waals surface area contributed by atoms with E-state index < -0.39 is 5.97 Å². The normalized spacial score (nSPS) is 9.84. The van der Waals surface area contributed by atoms with Gasteiger partial charge in [0.2, 0.25) is 0 Å². The first kappa shape index (κ1) is 15.2. The smallest absolute Gasteiger partial charge is 0.339 e. The monoisotopic (exact) mass is 330 g/mol. The highest BCUT2D eigenvalue weighted by Crippen LogP contribution is 2.17. The maximum Gasteiger partial charge on any atom is 0.339 e. The summed E-state index contributed by atoms with van der Waals surface area (Å²) in [4.78, 5) is 27.7. The van der Waals surface area contributed by atoms with E-state index in [4.69, 9.17) is 5.11 Å². The van der Waals surface area contributed by atoms with Crippen LogP contribution in [0.3, 0.4) is 0 Å². The summed E-state index contributed by atoms with van der Waals surface area (Å²) in [5, 5.41) is 14.6. The molecule has 0 aromatic carbocycles. The first-order valence-electron chi connectivity index (χ1n) is 5.49. The van der Waals surface area contributed by atoms with Crippen LogP contribution in [0.2, 0.25) is 0 Å². The fraction of sp³-hybridized carbons (Fsp3) is 0.364. The number of nitrogens with one attached hydrogen (secondary N) is 2. The standard InChI is InChI=1S/C11H15BrN4O3/c1-16(2)11(19)14-4-3-13-9-8(10(17)18)5-7(12)6-15-9/h5-6H,3-4H2,1-2H3,(H,13,15)(H,14,19)(H,17,18). The number of urea groups is 1. The number of hydrogen-bond donors (Lipinski definition) is 3. The molecule has 3 N–H and O–H groups in total. The quantitative estimate of drug-likeness (QED) is 0.706. The molecule has 0 bridgehead atoms. The molecule has 2 amide bonds. The Bertz CT molecular complexity index is 479. The first-order chi connectivity index (χ1) is 8.91. The molecule has 0 radical (unpaired) electrons. The second kappa shape index (κ2) is 6.93. The van der Waals surface area contributed by atoms with Gasteiger partial charge in [0.1, 0.15) is 11.4 Å². The molecule has 8 heteroatoms. The van der Waals surface area contributed by atoms with Crippen LogP contribution < -0.4 is 10.6 Å². The van der Waals surface area contributed by atoms with Crippen LogP contribution in [0.4, 0.5) is 10.6 Å². The summed E-state index contributed by atoms with van der Waals surface area (Å²) in [5.74, 6) is -0.788. The zero-order chi connectivity index (χ0) is 14.4. The number of amides is 2. The summed E-state index contributed by atoms with van der Waals surface area (Å²) in [6, 6.07) is 1.26. The van der Waals surface area contributed by atoms with Gasteiger partial charge in [-0.05, 0) is 22.0 Å². The summed E-state index contributed by atoms with van der Waals surface area (Å²) in [6.45, 7) is 0.752. The molecule has 0 saturated heterocycles. The van der Waals surface area contributed by atoms with Gasteiger partial charge in [0.05, 0.1) is 0 Å². The minimum atomic E-state index is -1.06. The molecule has 0 spiro atoms. The number of carbonyl (C=O) groups is 2. The summed E-state index contributed by atoms with van der Waals surface area (Å²) in [7, 11) is 3.28. The van der Waals surface area contributed by atoms with Gasteiger partial charge in [0.25, 0.3) is 0 Å². The number of carboxylic acids is 1. The highest BCUT2D eigenvalue weighted by molar-refractivity contribution is 9.10. The van der Waals surface area contributed by atoms with Crippen LogP contribution in [0.15, 0.2) is 16.7 Å². The predicted molar refractivity (Wildman–Crippen MR) is 74.5 cm³/mol. The minimum Gasteiger partial charge on any atom is -0.478 e. The number of hydrogen-bond acceptors (Lipinski definition) is 4. The van der Waals surface area contributed by atoms with E-state index >= 15 is 0 Å². The van der Waals surface area contributed by atoms with Crippen LogP contribution in [0.5, 0.6) is 0 Å². The number of rotatable bonds is 5. The van der Waals surface area contributed by atoms with Gasteiger partial charge in [-0.3, -0.25) is 0 Å². The van der Waals surface area contributed by atoms with Gasteiger partial charge in [0.15, 0.2) is 0 Å². The molecule has 0 unspecified atom stereocenters. The number of carboxylic acid groups (broad SMARTS) is 1. The van der Waals surface area contributed by atoms with E-state index in [0.717, 1.165) is 0 Å². The Morgan fingerprint density at radius 3 is 2.68 bits per heavy atom. The van der Waals surface area contributed by atoms with E-state index in [2.05, 4.69) is 31.5 Å². The van der Waals surface area contributed by atoms with Gasteiger partial charge in [-0.1, -0.05) is 0 Å². The second-order valence-corrected chi connectivity index (χ2v) is 4.82. The minimum absolute atomic E-state index is 0.0771. The fourth-order valence-electron chi connectivity index (χ4n) is 1.25. The van der Waals surface area contributed by atoms with E-state index in [9.17, 15) is 9.59 Å². The van der Waals surface area contributed by atoms with Gasteiger partial charge in [0, 0.05) is 37.9 Å². The first-order valence-corrected chi connectivity index (χ1v) is 6.29. The number of nitrogens with zero attached hydrogens (tertiary/aromatic N) is 2. The van der Waals surface area contributed by atoms with E-state index in [1.807, 2.05) is 0 Å². The van der Waals surface area contributed by atoms with E-state index in [1.165, 1.54) is 17.2 Å². The Kier molecular flexibility index (Phi) is 5.56. The third-order valence-electron chi connectivity index (χ3n) is 2.18. The molecule has 1 rings (SSSR count). The van der Waals surface area contributed by atoms with E-state index in [0.29, 0.717) is 17.6 Å². The zero-order valence-electron chi connectivity index (χ0n) is 10.6. The number of aromatic carboxylic acids is 1. The predicted octanol–water partition coefficient (Wildman–Crippen LogP) is 1.23. The lowest BCUT2D eigenvalue weighted by atomic mass is 10.2. The van der Waals surface area contributed by atoms with Gasteiger partial charge in [-0.2, -0.15) is 0 Å². The molecule has 104 valence electrons. The topological polar surface area (TPSA) is 94.6 Å². The molecule has 19 heavy (non-hydrogen) atoms. The van der Waals surface area contributed by atoms with Crippen molar-refractivity contribution in [2.45, 2.75) is 0 Å². The average Bonchev–Trinajstić information content (AvgIpc) is 2.35. The number of aromatic nitrogens is 1. The van der Waals surface area contributed by atoms with Crippen LogP contribution in [0.25, 0.3) is 0 Å². The van der Waals surface area contributed by atoms with Crippen LogP contribution in [-0.2, 0) is 0 Å². The largest absolute Gasteiger partial charge is 0.478 e. The zero-order valence-corrected chi connectivity index (χ0v) is 12.2. The van der Waals surface area contributed by atoms with Crippen molar-refractivity contribution >= 4 is 33.7 Å². The Hall–Kier alpha value is -1.83. The van der Waals surface area contributed by atoms with Gasteiger partial charge < -0.3 is 20.6 Å². The van der Waals surface area contributed by atoms with Crippen molar-refractivity contribution in [3.05, 3.63) is 22.3 Å². The van der Waals surface area contributed by atoms with Crippen LogP contribution in [0.1, 0.15) is 10.4 Å². The molecule has 0 aliphatic rings. The van der Waals surface area contributed by atoms with Crippen molar-refractivity contribution in [1.29, 1.82) is 0 Å². The summed E-state index contributed by atoms with van der Waals surface area (Å²) in [5.41, 5.74) is 0.0771. The maximum absolute atomic E-state index is 11.2. The summed E-state index contributed by atoms with van der Waals surface area (Å²) in [6.07, 6.45) is 1.51. The van der Waals surface area contributed by atoms with Gasteiger partial charge >= 0.3 is 12.0 Å². The highest BCUT2D eigenvalue weighted by Gasteiger charge is 2.11. The van der Waals surface area contributed by atoms with Crippen molar-refractivity contribution in [3.8, 4) is 0 Å². The number of carbonyl (C=O) groups excluding carboxylic acids is 1. The van der Waals surface area contributed by atoms with Gasteiger partial charge in [-0.25, -0.2) is 14.6 Å². The molecule has 0 saturated carbocycles. The highest BCUT2D eigenvalue weighted by atomic mass is 79.9. The molecule has 1 heterocycles. The van der Waals surface area contributed by atoms with Crippen LogP contribution in [0, 0.1) is 0 Å². The van der Waals surface area contributed by atoms with Crippen molar-refractivity contribution in [3.63, 3.8) is 0 Å². The number of anilines is 1. The van der Waals surface area contributed by atoms with Crippen molar-refractivity contribution < 1.29 is 14.7 Å². The van der Waals surface area contributed by atoms with Crippen molar-refractivity contribution in [2.24, 2.45) is 0 Å². The van der Waals surface area contributed by atoms with Crippen LogP contribution in [-0.4, -0.2) is 54.2 Å². The Morgan fingerprint density at radius 2 is 2.11 bits per heavy atom. The van der Waals surface area contributed by atoms with E-state index in [-0.39, 0.29) is 17.4 Å². The van der Waals surface area contributed by atoms with E-state index in [1.54, 1.807) is 14.1 Å². The molecular weight excluding hydrogens is 316 g/mol. The van der Waals surface area contributed by atoms with Crippen LogP contribution >= 0.6 is 15.9 Å².